The second-order valence-corrected chi connectivity index (χ2v) is 3.58. The van der Waals surface area contributed by atoms with Gasteiger partial charge in [0, 0.05) is 6.61 Å². The number of aliphatic hydroxyl groups is 1. The van der Waals surface area contributed by atoms with Crippen LogP contribution in [0.2, 0.25) is 0 Å². The zero-order valence-electron chi connectivity index (χ0n) is 9.71. The molecule has 0 aliphatic rings. The molecular weight excluding hydrogens is 190 g/mol. The van der Waals surface area contributed by atoms with Gasteiger partial charge < -0.3 is 15.2 Å². The number of aliphatic hydroxyl groups excluding tert-OH is 1. The lowest BCUT2D eigenvalue weighted by Crippen LogP contribution is -2.18. The Morgan fingerprint density at radius 3 is 2.60 bits per heavy atom. The van der Waals surface area contributed by atoms with Crippen LogP contribution in [0.5, 0.6) is 0 Å². The van der Waals surface area contributed by atoms with Crippen LogP contribution >= 0.6 is 0 Å². The number of ether oxygens (including phenoxy) is 1. The normalized spacial score (nSPS) is 10.5. The molecular formula is C12H25NO2. The van der Waals surface area contributed by atoms with Gasteiger partial charge in [-0.25, -0.2) is 0 Å². The van der Waals surface area contributed by atoms with Crippen LogP contribution in [-0.2, 0) is 4.74 Å². The van der Waals surface area contributed by atoms with Crippen LogP contribution < -0.4 is 5.32 Å². The van der Waals surface area contributed by atoms with E-state index in [1.807, 2.05) is 6.08 Å². The van der Waals surface area contributed by atoms with Gasteiger partial charge in [0.25, 0.3) is 0 Å². The predicted molar refractivity (Wildman–Crippen MR) is 64.1 cm³/mol. The summed E-state index contributed by atoms with van der Waals surface area (Å²) in [6.07, 6.45) is 7.91. The summed E-state index contributed by atoms with van der Waals surface area (Å²) in [6, 6.07) is 0. The van der Waals surface area contributed by atoms with Crippen molar-refractivity contribution in [2.75, 3.05) is 32.9 Å². The Bertz CT molecular complexity index is 129. The summed E-state index contributed by atoms with van der Waals surface area (Å²) in [6.45, 7) is 7.12. The van der Waals surface area contributed by atoms with Crippen molar-refractivity contribution in [2.45, 2.75) is 32.1 Å². The van der Waals surface area contributed by atoms with Gasteiger partial charge in [0.1, 0.15) is 0 Å². The summed E-state index contributed by atoms with van der Waals surface area (Å²) in [7, 11) is 0. The Kier molecular flexibility index (Phi) is 13.3. The summed E-state index contributed by atoms with van der Waals surface area (Å²) in [5.74, 6) is 0. The number of rotatable bonds is 12. The van der Waals surface area contributed by atoms with Gasteiger partial charge in [-0.15, -0.1) is 6.58 Å². The van der Waals surface area contributed by atoms with Gasteiger partial charge in [0.2, 0.25) is 0 Å². The standard InChI is InChI=1S/C12H25NO2/c1-2-3-4-5-6-8-13-9-7-11-15-12-10-14/h2,13-14H,1,3-12H2. The average Bonchev–Trinajstić information content (AvgIpc) is 2.26. The molecule has 0 aromatic carbocycles. The van der Waals surface area contributed by atoms with Crippen LogP contribution in [0.1, 0.15) is 32.1 Å². The Balaban J connectivity index is 2.83. The first kappa shape index (κ1) is 14.6. The zero-order valence-corrected chi connectivity index (χ0v) is 9.71. The molecule has 0 radical (unpaired) electrons. The lowest BCUT2D eigenvalue weighted by atomic mass is 10.2. The first-order chi connectivity index (χ1) is 7.41. The van der Waals surface area contributed by atoms with Gasteiger partial charge >= 0.3 is 0 Å². The zero-order chi connectivity index (χ0) is 11.2. The minimum absolute atomic E-state index is 0.122. The van der Waals surface area contributed by atoms with Crippen LogP contribution in [-0.4, -0.2) is 38.0 Å². The van der Waals surface area contributed by atoms with E-state index in [9.17, 15) is 0 Å². The molecule has 0 rings (SSSR count). The van der Waals surface area contributed by atoms with E-state index in [4.69, 9.17) is 9.84 Å². The summed E-state index contributed by atoms with van der Waals surface area (Å²) in [5, 5.41) is 11.8. The second-order valence-electron chi connectivity index (χ2n) is 3.58. The smallest absolute Gasteiger partial charge is 0.0697 e. The largest absolute Gasteiger partial charge is 0.394 e. The van der Waals surface area contributed by atoms with Gasteiger partial charge in [-0.05, 0) is 38.8 Å². The third kappa shape index (κ3) is 13.6. The molecule has 0 aromatic heterocycles. The first-order valence-corrected chi connectivity index (χ1v) is 5.92. The van der Waals surface area contributed by atoms with E-state index < -0.39 is 0 Å². The highest BCUT2D eigenvalue weighted by Crippen LogP contribution is 1.98. The molecule has 0 unspecified atom stereocenters. The first-order valence-electron chi connectivity index (χ1n) is 5.92. The van der Waals surface area contributed by atoms with E-state index >= 15 is 0 Å². The maximum atomic E-state index is 8.46. The SMILES string of the molecule is C=CCCCCCNCCCOCCO. The Morgan fingerprint density at radius 1 is 1.07 bits per heavy atom. The van der Waals surface area contributed by atoms with E-state index in [1.165, 1.54) is 19.3 Å². The lowest BCUT2D eigenvalue weighted by molar-refractivity contribution is 0.0907. The van der Waals surface area contributed by atoms with E-state index in [0.29, 0.717) is 6.61 Å². The number of nitrogens with one attached hydrogen (secondary N) is 1. The molecule has 0 aliphatic heterocycles. The van der Waals surface area contributed by atoms with Crippen LogP contribution in [0.3, 0.4) is 0 Å². The molecule has 0 aromatic rings. The number of unbranched alkanes of at least 4 members (excludes halogenated alkanes) is 3. The fraction of sp³-hybridized carbons (Fsp3) is 0.833. The highest BCUT2D eigenvalue weighted by atomic mass is 16.5. The average molecular weight is 215 g/mol. The van der Waals surface area contributed by atoms with Crippen LogP contribution in [0.4, 0.5) is 0 Å². The van der Waals surface area contributed by atoms with Crippen molar-refractivity contribution >= 4 is 0 Å². The van der Waals surface area contributed by atoms with Crippen molar-refractivity contribution in [2.24, 2.45) is 0 Å². The van der Waals surface area contributed by atoms with Crippen LogP contribution in [0.15, 0.2) is 12.7 Å². The monoisotopic (exact) mass is 215 g/mol. The van der Waals surface area contributed by atoms with E-state index in [1.54, 1.807) is 0 Å². The molecule has 0 saturated carbocycles. The molecule has 0 saturated heterocycles. The van der Waals surface area contributed by atoms with Crippen molar-refractivity contribution < 1.29 is 9.84 Å². The van der Waals surface area contributed by atoms with Crippen LogP contribution in [0, 0.1) is 0 Å². The number of allylic oxidation sites excluding steroid dienone is 1. The molecule has 0 fully saturated rings. The lowest BCUT2D eigenvalue weighted by Gasteiger charge is -2.04. The maximum absolute atomic E-state index is 8.46. The molecule has 2 N–H and O–H groups in total. The fourth-order valence-electron chi connectivity index (χ4n) is 1.31. The molecule has 3 nitrogen and oxygen atoms in total. The van der Waals surface area contributed by atoms with Gasteiger partial charge in [-0.2, -0.15) is 0 Å². The fourth-order valence-corrected chi connectivity index (χ4v) is 1.31. The Morgan fingerprint density at radius 2 is 1.87 bits per heavy atom. The molecule has 0 heterocycles. The Hall–Kier alpha value is -0.380. The van der Waals surface area contributed by atoms with Gasteiger partial charge in [-0.3, -0.25) is 0 Å². The number of hydrogen-bond donors (Lipinski definition) is 2. The number of hydrogen-bond acceptors (Lipinski definition) is 3. The second kappa shape index (κ2) is 13.6. The van der Waals surface area contributed by atoms with Gasteiger partial charge in [0.15, 0.2) is 0 Å². The molecule has 3 heteroatoms. The summed E-state index contributed by atoms with van der Waals surface area (Å²) >= 11 is 0. The van der Waals surface area contributed by atoms with Gasteiger partial charge in [0.05, 0.1) is 13.2 Å². The summed E-state index contributed by atoms with van der Waals surface area (Å²) in [5.41, 5.74) is 0. The van der Waals surface area contributed by atoms with Crippen molar-refractivity contribution in [1.82, 2.24) is 5.32 Å². The van der Waals surface area contributed by atoms with Crippen molar-refractivity contribution in [3.05, 3.63) is 12.7 Å². The molecule has 0 aliphatic carbocycles. The van der Waals surface area contributed by atoms with Crippen molar-refractivity contribution in [1.29, 1.82) is 0 Å². The van der Waals surface area contributed by atoms with Crippen LogP contribution in [0.25, 0.3) is 0 Å². The molecule has 0 bridgehead atoms. The van der Waals surface area contributed by atoms with Crippen molar-refractivity contribution in [3.8, 4) is 0 Å². The predicted octanol–water partition coefficient (Wildman–Crippen LogP) is 1.72. The molecule has 0 amide bonds. The quantitative estimate of drug-likeness (QED) is 0.385. The van der Waals surface area contributed by atoms with E-state index in [0.717, 1.165) is 32.5 Å². The molecule has 90 valence electrons. The highest BCUT2D eigenvalue weighted by Gasteiger charge is 1.90. The molecule has 0 atom stereocenters. The third-order valence-electron chi connectivity index (χ3n) is 2.14. The minimum Gasteiger partial charge on any atom is -0.394 e. The maximum Gasteiger partial charge on any atom is 0.0697 e. The summed E-state index contributed by atoms with van der Waals surface area (Å²) in [4.78, 5) is 0. The Labute approximate surface area is 93.5 Å². The topological polar surface area (TPSA) is 41.5 Å². The third-order valence-corrected chi connectivity index (χ3v) is 2.14. The minimum atomic E-state index is 0.122. The molecule has 0 spiro atoms. The highest BCUT2D eigenvalue weighted by molar-refractivity contribution is 4.65. The van der Waals surface area contributed by atoms with E-state index in [2.05, 4.69) is 11.9 Å². The van der Waals surface area contributed by atoms with Gasteiger partial charge in [-0.1, -0.05) is 12.5 Å². The molecule has 15 heavy (non-hydrogen) atoms. The summed E-state index contributed by atoms with van der Waals surface area (Å²) < 4.78 is 5.14. The van der Waals surface area contributed by atoms with E-state index in [-0.39, 0.29) is 6.61 Å². The van der Waals surface area contributed by atoms with Crippen molar-refractivity contribution in [3.63, 3.8) is 0 Å².